The Labute approximate surface area is 307 Å². The fourth-order valence-electron chi connectivity index (χ4n) is 5.13. The number of aldehydes is 1. The number of aliphatic carboxylic acids is 5. The molecule has 0 radical (unpaired) electrons. The Hall–Kier alpha value is -5.10. The maximum Gasteiger partial charge on any atom is 0.326 e. The van der Waals surface area contributed by atoms with Gasteiger partial charge in [-0.05, 0) is 38.5 Å². The smallest absolute Gasteiger partial charge is 0.326 e. The Balaban J connectivity index is 4.59. The molecule has 0 aliphatic rings. The van der Waals surface area contributed by atoms with Crippen LogP contribution in [-0.2, 0) is 47.9 Å². The van der Waals surface area contributed by atoms with Gasteiger partial charge in [-0.25, -0.2) is 19.2 Å². The Morgan fingerprint density at radius 1 is 0.377 bits per heavy atom. The lowest BCUT2D eigenvalue weighted by Gasteiger charge is -2.18. The van der Waals surface area contributed by atoms with Gasteiger partial charge in [-0.3, -0.25) is 24.0 Å². The summed E-state index contributed by atoms with van der Waals surface area (Å²) in [6.45, 7) is 0. The zero-order chi connectivity index (χ0) is 40.2. The quantitative estimate of drug-likeness (QED) is 0.0337. The van der Waals surface area contributed by atoms with E-state index in [-0.39, 0.29) is 32.1 Å². The maximum absolute atomic E-state index is 12.4. The van der Waals surface area contributed by atoms with Gasteiger partial charge in [0.15, 0.2) is 0 Å². The predicted molar refractivity (Wildman–Crippen MR) is 184 cm³/mol. The lowest BCUT2D eigenvalue weighted by atomic mass is 10.0. The lowest BCUT2D eigenvalue weighted by Crippen LogP contribution is -2.45. The van der Waals surface area contributed by atoms with Gasteiger partial charge in [0.05, 0.1) is 0 Å². The molecule has 0 fully saturated rings. The van der Waals surface area contributed by atoms with Crippen LogP contribution in [0.25, 0.3) is 0 Å². The van der Waals surface area contributed by atoms with Gasteiger partial charge in [-0.1, -0.05) is 51.4 Å². The molecule has 0 aromatic rings. The first-order valence-electron chi connectivity index (χ1n) is 17.8. The van der Waals surface area contributed by atoms with Crippen LogP contribution in [0.2, 0.25) is 0 Å². The van der Waals surface area contributed by atoms with Gasteiger partial charge in [-0.2, -0.15) is 0 Å². The van der Waals surface area contributed by atoms with Crippen LogP contribution in [0.4, 0.5) is 0 Å². The second-order valence-electron chi connectivity index (χ2n) is 12.6. The highest BCUT2D eigenvalue weighted by Crippen LogP contribution is 2.12. The molecule has 19 nitrogen and oxygen atoms in total. The number of nitrogens with one attached hydrogen (secondary N) is 4. The van der Waals surface area contributed by atoms with Crippen molar-refractivity contribution >= 4 is 59.8 Å². The van der Waals surface area contributed by atoms with E-state index < -0.39 is 110 Å². The molecule has 300 valence electrons. The summed E-state index contributed by atoms with van der Waals surface area (Å²) in [5.41, 5.74) is 0. The van der Waals surface area contributed by atoms with Crippen molar-refractivity contribution in [3.63, 3.8) is 0 Å². The summed E-state index contributed by atoms with van der Waals surface area (Å²) in [6, 6.07) is -5.95. The predicted octanol–water partition coefficient (Wildman–Crippen LogP) is 1.35. The Morgan fingerprint density at radius 3 is 0.925 bits per heavy atom. The molecule has 53 heavy (non-hydrogen) atoms. The van der Waals surface area contributed by atoms with Crippen molar-refractivity contribution in [3.05, 3.63) is 0 Å². The number of hydrogen-bond acceptors (Lipinski definition) is 10. The number of carbonyl (C=O) groups excluding carboxylic acids is 5. The molecule has 0 aliphatic heterocycles. The number of carboxylic acids is 5. The fourth-order valence-corrected chi connectivity index (χ4v) is 5.13. The van der Waals surface area contributed by atoms with Crippen molar-refractivity contribution in [2.75, 3.05) is 0 Å². The molecule has 4 atom stereocenters. The topological polar surface area (TPSA) is 320 Å². The van der Waals surface area contributed by atoms with Gasteiger partial charge in [0, 0.05) is 38.5 Å². The molecular weight excluding hydrogens is 704 g/mol. The van der Waals surface area contributed by atoms with Crippen LogP contribution in [0.5, 0.6) is 0 Å². The van der Waals surface area contributed by atoms with Crippen molar-refractivity contribution in [1.82, 2.24) is 21.3 Å². The van der Waals surface area contributed by atoms with Gasteiger partial charge in [0.2, 0.25) is 23.6 Å². The van der Waals surface area contributed by atoms with Gasteiger partial charge in [0.1, 0.15) is 30.5 Å². The summed E-state index contributed by atoms with van der Waals surface area (Å²) >= 11 is 0. The van der Waals surface area contributed by atoms with E-state index in [1.54, 1.807) is 0 Å². The van der Waals surface area contributed by atoms with Crippen LogP contribution in [-0.4, -0.2) is 109 Å². The average molecular weight is 759 g/mol. The standard InChI is InChI=1S/C34H54N4O15/c39-21-11-12-22(31(46)47)35-27(41)18-16-24(33(50)51)37-29(43)20-17-25(34(52)53)38-28(42)19-15-23(32(48)49)36-26(40)13-9-7-5-3-1-2-4-6-8-10-14-30(44)45/h21-25H,1-20H2,(H,35,41)(H,36,40)(H,37,43)(H,38,42)(H,44,45)(H,46,47)(H,48,49)(H,50,51)(H,52,53)/t22-,23-,24-,25-/m0/s1. The first-order chi connectivity index (χ1) is 25.1. The third kappa shape index (κ3) is 25.5. The van der Waals surface area contributed by atoms with E-state index in [9.17, 15) is 63.3 Å². The summed E-state index contributed by atoms with van der Waals surface area (Å²) in [7, 11) is 0. The molecule has 19 heteroatoms. The average Bonchev–Trinajstić information content (AvgIpc) is 3.08. The summed E-state index contributed by atoms with van der Waals surface area (Å²) in [5, 5.41) is 55.0. The van der Waals surface area contributed by atoms with E-state index in [1.165, 1.54) is 0 Å². The van der Waals surface area contributed by atoms with E-state index in [0.717, 1.165) is 51.4 Å². The molecular formula is C34H54N4O15. The van der Waals surface area contributed by atoms with Crippen LogP contribution in [0, 0.1) is 0 Å². The van der Waals surface area contributed by atoms with E-state index in [4.69, 9.17) is 10.2 Å². The van der Waals surface area contributed by atoms with Crippen molar-refractivity contribution in [2.24, 2.45) is 0 Å². The Morgan fingerprint density at radius 2 is 0.642 bits per heavy atom. The molecule has 0 rings (SSSR count). The molecule has 9 N–H and O–H groups in total. The Kier molecular flexibility index (Phi) is 25.7. The van der Waals surface area contributed by atoms with Crippen molar-refractivity contribution in [1.29, 1.82) is 0 Å². The number of rotatable bonds is 33. The number of carbonyl (C=O) groups is 10. The molecule has 0 saturated carbocycles. The molecule has 0 aromatic heterocycles. The van der Waals surface area contributed by atoms with Gasteiger partial charge >= 0.3 is 29.8 Å². The molecule has 0 saturated heterocycles. The lowest BCUT2D eigenvalue weighted by molar-refractivity contribution is -0.144. The van der Waals surface area contributed by atoms with Gasteiger partial charge < -0.3 is 51.6 Å². The van der Waals surface area contributed by atoms with Crippen LogP contribution in [0.3, 0.4) is 0 Å². The minimum Gasteiger partial charge on any atom is -0.481 e. The van der Waals surface area contributed by atoms with Gasteiger partial charge in [-0.15, -0.1) is 0 Å². The largest absolute Gasteiger partial charge is 0.481 e. The van der Waals surface area contributed by atoms with Crippen LogP contribution < -0.4 is 21.3 Å². The van der Waals surface area contributed by atoms with Crippen LogP contribution >= 0.6 is 0 Å². The first-order valence-corrected chi connectivity index (χ1v) is 17.8. The molecule has 0 aliphatic carbocycles. The fraction of sp³-hybridized carbons (Fsp3) is 0.706. The molecule has 0 bridgehead atoms. The molecule has 0 aromatic carbocycles. The summed E-state index contributed by atoms with van der Waals surface area (Å²) in [5.74, 6) is -9.71. The summed E-state index contributed by atoms with van der Waals surface area (Å²) in [4.78, 5) is 116. The summed E-state index contributed by atoms with van der Waals surface area (Å²) in [6.07, 6.45) is 6.59. The molecule has 4 amide bonds. The van der Waals surface area contributed by atoms with E-state index in [1.807, 2.05) is 0 Å². The van der Waals surface area contributed by atoms with E-state index in [0.29, 0.717) is 19.1 Å². The van der Waals surface area contributed by atoms with Crippen molar-refractivity contribution in [2.45, 2.75) is 153 Å². The molecule has 0 heterocycles. The highest BCUT2D eigenvalue weighted by Gasteiger charge is 2.27. The third-order valence-electron chi connectivity index (χ3n) is 8.13. The third-order valence-corrected chi connectivity index (χ3v) is 8.13. The van der Waals surface area contributed by atoms with Crippen LogP contribution in [0.15, 0.2) is 0 Å². The summed E-state index contributed by atoms with van der Waals surface area (Å²) < 4.78 is 0. The Bertz CT molecular complexity index is 1240. The number of unbranched alkanes of at least 4 members (excludes halogenated alkanes) is 9. The zero-order valence-electron chi connectivity index (χ0n) is 29.8. The van der Waals surface area contributed by atoms with Crippen molar-refractivity contribution < 1.29 is 73.5 Å². The number of hydrogen-bond donors (Lipinski definition) is 9. The highest BCUT2D eigenvalue weighted by molar-refractivity contribution is 5.88. The van der Waals surface area contributed by atoms with Crippen molar-refractivity contribution in [3.8, 4) is 0 Å². The van der Waals surface area contributed by atoms with Crippen LogP contribution in [0.1, 0.15) is 128 Å². The first kappa shape index (κ1) is 47.9. The second kappa shape index (κ2) is 28.5. The molecule has 0 spiro atoms. The number of carboxylic acid groups (broad SMARTS) is 5. The van der Waals surface area contributed by atoms with E-state index >= 15 is 0 Å². The highest BCUT2D eigenvalue weighted by atomic mass is 16.4. The SMILES string of the molecule is O=CCC[C@H](NC(=O)CC[C@H](NC(=O)CC[C@H](NC(=O)CC[C@H](NC(=O)CCCCCCCCCCCCC(=O)O)C(=O)O)C(=O)O)C(=O)O)C(=O)O. The minimum atomic E-state index is -1.59. The zero-order valence-corrected chi connectivity index (χ0v) is 29.8. The normalized spacial score (nSPS) is 13.0. The number of amides is 4. The van der Waals surface area contributed by atoms with E-state index in [2.05, 4.69) is 21.3 Å². The second-order valence-corrected chi connectivity index (χ2v) is 12.6. The minimum absolute atomic E-state index is 0.0896. The van der Waals surface area contributed by atoms with Gasteiger partial charge in [0.25, 0.3) is 0 Å². The maximum atomic E-state index is 12.4. The molecule has 0 unspecified atom stereocenters. The monoisotopic (exact) mass is 758 g/mol.